The summed E-state index contributed by atoms with van der Waals surface area (Å²) in [6.45, 7) is 5.33. The molecule has 3 aromatic rings. The van der Waals surface area contributed by atoms with Gasteiger partial charge < -0.3 is 9.47 Å². The molecule has 0 aliphatic carbocycles. The Kier molecular flexibility index (Phi) is 3.11. The zero-order valence-corrected chi connectivity index (χ0v) is 12.8. The van der Waals surface area contributed by atoms with Crippen LogP contribution in [0.3, 0.4) is 0 Å². The lowest BCUT2D eigenvalue weighted by molar-refractivity contribution is 0.352. The van der Waals surface area contributed by atoms with Crippen molar-refractivity contribution in [2.75, 3.05) is 18.0 Å². The molecule has 0 bridgehead atoms. The van der Waals surface area contributed by atoms with E-state index >= 15 is 0 Å². The van der Waals surface area contributed by atoms with Gasteiger partial charge in [-0.15, -0.1) is 11.3 Å². The minimum absolute atomic E-state index is 0.675. The van der Waals surface area contributed by atoms with Gasteiger partial charge in [0.05, 0.1) is 10.2 Å². The molecule has 0 atom stereocenters. The molecule has 0 spiro atoms. The summed E-state index contributed by atoms with van der Waals surface area (Å²) in [6.07, 6.45) is 6.65. The van der Waals surface area contributed by atoms with Crippen molar-refractivity contribution in [3.8, 4) is 0 Å². The molecule has 1 aliphatic rings. The molecule has 0 aromatic carbocycles. The van der Waals surface area contributed by atoms with Gasteiger partial charge in [0.25, 0.3) is 0 Å². The Morgan fingerprint density at radius 1 is 1.29 bits per heavy atom. The highest BCUT2D eigenvalue weighted by molar-refractivity contribution is 7.17. The van der Waals surface area contributed by atoms with Gasteiger partial charge in [-0.05, 0) is 11.4 Å². The Bertz CT molecular complexity index is 756. The first kappa shape index (κ1) is 12.8. The van der Waals surface area contributed by atoms with Crippen LogP contribution in [0, 0.1) is 5.92 Å². The van der Waals surface area contributed by atoms with Crippen LogP contribution in [0.5, 0.6) is 0 Å². The van der Waals surface area contributed by atoms with Crippen molar-refractivity contribution in [3.63, 3.8) is 0 Å². The molecule has 1 aliphatic heterocycles. The maximum absolute atomic E-state index is 4.47. The Labute approximate surface area is 127 Å². The molecule has 0 radical (unpaired) electrons. The SMILES string of the molecule is CCc1nccn1CC1CN(c2ncnc3ccsc23)C1. The summed E-state index contributed by atoms with van der Waals surface area (Å²) in [5, 5.41) is 2.08. The van der Waals surface area contributed by atoms with Crippen molar-refractivity contribution < 1.29 is 0 Å². The molecule has 3 aromatic heterocycles. The topological polar surface area (TPSA) is 46.8 Å². The summed E-state index contributed by atoms with van der Waals surface area (Å²) in [7, 11) is 0. The molecule has 4 rings (SSSR count). The number of anilines is 1. The average molecular weight is 299 g/mol. The van der Waals surface area contributed by atoms with Gasteiger partial charge in [0.1, 0.15) is 18.0 Å². The highest BCUT2D eigenvalue weighted by atomic mass is 32.1. The second kappa shape index (κ2) is 5.11. The highest BCUT2D eigenvalue weighted by Crippen LogP contribution is 2.32. The van der Waals surface area contributed by atoms with Crippen molar-refractivity contribution in [2.24, 2.45) is 5.92 Å². The van der Waals surface area contributed by atoms with Gasteiger partial charge in [0.15, 0.2) is 0 Å². The smallest absolute Gasteiger partial charge is 0.150 e. The van der Waals surface area contributed by atoms with Crippen molar-refractivity contribution in [1.82, 2.24) is 19.5 Å². The normalized spacial score (nSPS) is 15.6. The number of rotatable bonds is 4. The summed E-state index contributed by atoms with van der Waals surface area (Å²) in [5.74, 6) is 2.94. The summed E-state index contributed by atoms with van der Waals surface area (Å²) < 4.78 is 3.48. The van der Waals surface area contributed by atoms with Crippen molar-refractivity contribution >= 4 is 27.4 Å². The lowest BCUT2D eigenvalue weighted by Gasteiger charge is -2.40. The molecule has 0 amide bonds. The van der Waals surface area contributed by atoms with E-state index in [1.807, 2.05) is 6.20 Å². The minimum Gasteiger partial charge on any atom is -0.354 e. The first-order chi connectivity index (χ1) is 10.3. The third kappa shape index (κ3) is 2.19. The molecule has 1 fully saturated rings. The van der Waals surface area contributed by atoms with Crippen LogP contribution in [-0.4, -0.2) is 32.6 Å². The van der Waals surface area contributed by atoms with Gasteiger partial charge in [-0.3, -0.25) is 0 Å². The third-order valence-corrected chi connectivity index (χ3v) is 4.95. The van der Waals surface area contributed by atoms with E-state index in [1.54, 1.807) is 17.7 Å². The number of fused-ring (bicyclic) bond motifs is 1. The molecule has 21 heavy (non-hydrogen) atoms. The summed E-state index contributed by atoms with van der Waals surface area (Å²) >= 11 is 1.72. The van der Waals surface area contributed by atoms with E-state index in [4.69, 9.17) is 0 Å². The molecule has 0 N–H and O–H groups in total. The zero-order chi connectivity index (χ0) is 14.2. The number of nitrogens with zero attached hydrogens (tertiary/aromatic N) is 5. The Balaban J connectivity index is 1.46. The van der Waals surface area contributed by atoms with Crippen LogP contribution in [0.4, 0.5) is 5.82 Å². The fourth-order valence-corrected chi connectivity index (χ4v) is 3.82. The van der Waals surface area contributed by atoms with Gasteiger partial charge in [0.2, 0.25) is 0 Å². The molecule has 108 valence electrons. The van der Waals surface area contributed by atoms with E-state index in [2.05, 4.69) is 49.0 Å². The van der Waals surface area contributed by atoms with Crippen molar-refractivity contribution in [1.29, 1.82) is 0 Å². The van der Waals surface area contributed by atoms with E-state index in [1.165, 1.54) is 10.5 Å². The molecule has 4 heterocycles. The largest absolute Gasteiger partial charge is 0.354 e. The second-order valence-electron chi connectivity index (χ2n) is 5.45. The first-order valence-electron chi connectivity index (χ1n) is 7.28. The van der Waals surface area contributed by atoms with Gasteiger partial charge in [-0.2, -0.15) is 0 Å². The number of thiophene rings is 1. The summed E-state index contributed by atoms with van der Waals surface area (Å²) in [4.78, 5) is 15.5. The fraction of sp³-hybridized carbons (Fsp3) is 0.400. The average Bonchev–Trinajstić information content (AvgIpc) is 3.10. The fourth-order valence-electron chi connectivity index (χ4n) is 2.96. The van der Waals surface area contributed by atoms with Crippen LogP contribution in [-0.2, 0) is 13.0 Å². The van der Waals surface area contributed by atoms with Gasteiger partial charge in [-0.25, -0.2) is 15.0 Å². The van der Waals surface area contributed by atoms with E-state index in [0.717, 1.165) is 37.4 Å². The first-order valence-corrected chi connectivity index (χ1v) is 8.16. The van der Waals surface area contributed by atoms with Crippen LogP contribution in [0.15, 0.2) is 30.2 Å². The van der Waals surface area contributed by atoms with E-state index in [-0.39, 0.29) is 0 Å². The number of aryl methyl sites for hydroxylation is 1. The van der Waals surface area contributed by atoms with Gasteiger partial charge in [-0.1, -0.05) is 6.92 Å². The van der Waals surface area contributed by atoms with Crippen LogP contribution < -0.4 is 4.90 Å². The van der Waals surface area contributed by atoms with Crippen molar-refractivity contribution in [2.45, 2.75) is 19.9 Å². The molecule has 6 heteroatoms. The van der Waals surface area contributed by atoms with Crippen LogP contribution in [0.1, 0.15) is 12.7 Å². The molecular formula is C15H17N5S. The predicted octanol–water partition coefficient (Wildman–Crippen LogP) is 2.59. The molecule has 1 saturated heterocycles. The number of aromatic nitrogens is 4. The lowest BCUT2D eigenvalue weighted by atomic mass is 10.00. The maximum atomic E-state index is 4.47. The zero-order valence-electron chi connectivity index (χ0n) is 11.9. The van der Waals surface area contributed by atoms with E-state index in [9.17, 15) is 0 Å². The van der Waals surface area contributed by atoms with Gasteiger partial charge in [0, 0.05) is 44.4 Å². The van der Waals surface area contributed by atoms with Crippen molar-refractivity contribution in [3.05, 3.63) is 36.0 Å². The second-order valence-corrected chi connectivity index (χ2v) is 6.37. The lowest BCUT2D eigenvalue weighted by Crippen LogP contribution is -2.49. The third-order valence-electron chi connectivity index (χ3n) is 4.05. The van der Waals surface area contributed by atoms with Crippen LogP contribution in [0.25, 0.3) is 10.2 Å². The summed E-state index contributed by atoms with van der Waals surface area (Å²) in [5.41, 5.74) is 1.05. The number of hydrogen-bond donors (Lipinski definition) is 0. The molecular weight excluding hydrogens is 282 g/mol. The number of hydrogen-bond acceptors (Lipinski definition) is 5. The van der Waals surface area contributed by atoms with Gasteiger partial charge >= 0.3 is 0 Å². The minimum atomic E-state index is 0.675. The van der Waals surface area contributed by atoms with Crippen LogP contribution in [0.2, 0.25) is 0 Å². The van der Waals surface area contributed by atoms with E-state index in [0.29, 0.717) is 5.92 Å². The Morgan fingerprint density at radius 3 is 3.05 bits per heavy atom. The van der Waals surface area contributed by atoms with Crippen LogP contribution >= 0.6 is 11.3 Å². The number of imidazole rings is 1. The quantitative estimate of drug-likeness (QED) is 0.743. The Morgan fingerprint density at radius 2 is 2.19 bits per heavy atom. The van der Waals surface area contributed by atoms with E-state index < -0.39 is 0 Å². The highest BCUT2D eigenvalue weighted by Gasteiger charge is 2.29. The predicted molar refractivity (Wildman–Crippen MR) is 84.7 cm³/mol. The molecule has 0 unspecified atom stereocenters. The molecule has 0 saturated carbocycles. The summed E-state index contributed by atoms with van der Waals surface area (Å²) in [6, 6.07) is 2.06. The monoisotopic (exact) mass is 299 g/mol. The Hall–Kier alpha value is -1.95. The standard InChI is InChI=1S/C15H17N5S/c1-2-13-16-4-5-19(13)7-11-8-20(9-11)15-14-12(3-6-21-14)17-10-18-15/h3-6,10-11H,2,7-9H2,1H3. The maximum Gasteiger partial charge on any atom is 0.150 e. The molecule has 5 nitrogen and oxygen atoms in total.